The molecule has 0 aromatic heterocycles. The number of aryl methyl sites for hydroxylation is 1. The number of allylic oxidation sites excluding steroid dienone is 1. The van der Waals surface area contributed by atoms with Crippen molar-refractivity contribution in [2.45, 2.75) is 62.2 Å². The van der Waals surface area contributed by atoms with Gasteiger partial charge in [-0.15, -0.1) is 0 Å². The zero-order valence-corrected chi connectivity index (χ0v) is 24.0. The average molecular weight is 569 g/mol. The topological polar surface area (TPSA) is 78.9 Å². The zero-order valence-electron chi connectivity index (χ0n) is 22.4. The lowest BCUT2D eigenvalue weighted by molar-refractivity contribution is 0.0456. The minimum absolute atomic E-state index is 0.162. The number of nitrogens with one attached hydrogen (secondary N) is 1. The number of ether oxygens (including phenoxy) is 1. The normalized spacial score (nSPS) is 35.2. The van der Waals surface area contributed by atoms with Crippen LogP contribution in [0.4, 0.5) is 5.69 Å². The number of nitrogens with zero attached hydrogens (tertiary/aromatic N) is 1. The van der Waals surface area contributed by atoms with Crippen LogP contribution in [0.3, 0.4) is 0 Å². The van der Waals surface area contributed by atoms with Crippen LogP contribution >= 0.6 is 11.6 Å². The number of rotatable bonds is 0. The van der Waals surface area contributed by atoms with Gasteiger partial charge in [0, 0.05) is 34.3 Å². The van der Waals surface area contributed by atoms with Gasteiger partial charge in [-0.3, -0.25) is 9.52 Å². The van der Waals surface area contributed by atoms with Crippen molar-refractivity contribution in [2.75, 3.05) is 24.6 Å². The van der Waals surface area contributed by atoms with Crippen molar-refractivity contribution in [3.63, 3.8) is 0 Å². The van der Waals surface area contributed by atoms with E-state index in [9.17, 15) is 14.1 Å². The first-order valence-corrected chi connectivity index (χ1v) is 16.2. The van der Waals surface area contributed by atoms with E-state index in [2.05, 4.69) is 27.6 Å². The molecular weight excluding hydrogens is 532 g/mol. The molecule has 0 saturated heterocycles. The third kappa shape index (κ3) is 4.98. The SMILES string of the molecule is C=S1(=O)NC(=O)c2ccc3c(c2)N(C[C@@H]2CC[C@H]2[C@@H](O)/C=C/C[C@@H]1C)C[C@@]1(CCCc2cc(Cl)ccc21)CO3. The fourth-order valence-corrected chi connectivity index (χ4v) is 8.08. The molecule has 1 spiro atoms. The number of benzene rings is 2. The van der Waals surface area contributed by atoms with Crippen LogP contribution in [-0.2, 0) is 21.5 Å². The number of amides is 1. The summed E-state index contributed by atoms with van der Waals surface area (Å²) >= 11 is 6.38. The molecule has 208 valence electrons. The molecular formula is C31H37ClN2O4S. The second kappa shape index (κ2) is 10.2. The molecule has 1 fully saturated rings. The second-order valence-electron chi connectivity index (χ2n) is 11.9. The summed E-state index contributed by atoms with van der Waals surface area (Å²) < 4.78 is 22.6. The van der Waals surface area contributed by atoms with Gasteiger partial charge < -0.3 is 14.7 Å². The highest BCUT2D eigenvalue weighted by atomic mass is 35.5. The maximum absolute atomic E-state index is 13.3. The van der Waals surface area contributed by atoms with Gasteiger partial charge >= 0.3 is 0 Å². The first-order chi connectivity index (χ1) is 18.6. The van der Waals surface area contributed by atoms with E-state index in [1.807, 2.05) is 37.3 Å². The lowest BCUT2D eigenvalue weighted by Gasteiger charge is -2.45. The Bertz CT molecular complexity index is 1420. The van der Waals surface area contributed by atoms with Gasteiger partial charge in [-0.2, -0.15) is 0 Å². The summed E-state index contributed by atoms with van der Waals surface area (Å²) in [5, 5.41) is 11.4. The van der Waals surface area contributed by atoms with E-state index >= 15 is 0 Å². The molecule has 1 unspecified atom stereocenters. The predicted octanol–water partition coefficient (Wildman–Crippen LogP) is 4.91. The standard InChI is InChI=1S/C31H37ClN2O4S/c1-20-5-3-7-28(35)25-11-8-23(25)17-34-18-31(14-4-6-21-15-24(32)10-12-26(21)31)19-38-29-13-9-22(16-27(29)34)30(36)33-39(20,2)37/h3,7,9-10,12-13,15-16,20,23,25,28,35H,2,4-6,8,11,14,17-19H2,1H3,(H,33,36,37)/b7-3+/t20-,23-,25+,28-,31-,39?/m0/s1. The van der Waals surface area contributed by atoms with E-state index in [0.29, 0.717) is 24.5 Å². The number of hydrogen-bond donors (Lipinski definition) is 2. The monoisotopic (exact) mass is 568 g/mol. The van der Waals surface area contributed by atoms with Gasteiger partial charge in [0.25, 0.3) is 5.91 Å². The van der Waals surface area contributed by atoms with Crippen LogP contribution in [0.15, 0.2) is 48.6 Å². The zero-order chi connectivity index (χ0) is 27.4. The first-order valence-electron chi connectivity index (χ1n) is 14.0. The molecule has 39 heavy (non-hydrogen) atoms. The molecule has 2 aliphatic heterocycles. The third-order valence-electron chi connectivity index (χ3n) is 9.39. The van der Waals surface area contributed by atoms with Crippen LogP contribution < -0.4 is 14.4 Å². The largest absolute Gasteiger partial charge is 0.490 e. The van der Waals surface area contributed by atoms with Gasteiger partial charge in [-0.1, -0.05) is 29.8 Å². The van der Waals surface area contributed by atoms with E-state index in [0.717, 1.165) is 61.7 Å². The van der Waals surface area contributed by atoms with Crippen molar-refractivity contribution >= 4 is 38.8 Å². The predicted molar refractivity (Wildman–Crippen MR) is 158 cm³/mol. The number of halogens is 1. The highest BCUT2D eigenvalue weighted by molar-refractivity contribution is 7.99. The first kappa shape index (κ1) is 26.7. The summed E-state index contributed by atoms with van der Waals surface area (Å²) in [6, 6.07) is 11.7. The molecule has 1 saturated carbocycles. The number of hydrogen-bond acceptors (Lipinski definition) is 5. The van der Waals surface area contributed by atoms with Gasteiger partial charge in [-0.05, 0) is 105 Å². The van der Waals surface area contributed by atoms with Gasteiger partial charge in [0.15, 0.2) is 0 Å². The van der Waals surface area contributed by atoms with E-state index in [1.165, 1.54) is 11.1 Å². The van der Waals surface area contributed by atoms with Crippen LogP contribution in [0.5, 0.6) is 5.75 Å². The molecule has 8 heteroatoms. The van der Waals surface area contributed by atoms with Crippen molar-refractivity contribution in [3.8, 4) is 5.75 Å². The minimum atomic E-state index is -2.90. The molecule has 6 atom stereocenters. The quantitative estimate of drug-likeness (QED) is 0.349. The van der Waals surface area contributed by atoms with Crippen LogP contribution in [-0.4, -0.2) is 52.1 Å². The van der Waals surface area contributed by atoms with Gasteiger partial charge in [0.05, 0.1) is 28.1 Å². The second-order valence-corrected chi connectivity index (χ2v) is 14.8. The molecule has 2 aliphatic carbocycles. The number of carbonyl (C=O) groups is 1. The summed E-state index contributed by atoms with van der Waals surface area (Å²) in [5.41, 5.74) is 3.67. The van der Waals surface area contributed by atoms with E-state index in [4.69, 9.17) is 16.3 Å². The molecule has 0 radical (unpaired) electrons. The molecule has 4 aliphatic rings. The van der Waals surface area contributed by atoms with Gasteiger partial charge in [0.2, 0.25) is 0 Å². The Balaban J connectivity index is 1.43. The highest BCUT2D eigenvalue weighted by Crippen LogP contribution is 2.46. The summed E-state index contributed by atoms with van der Waals surface area (Å²) in [5.74, 6) is 4.68. The molecule has 2 aromatic carbocycles. The average Bonchev–Trinajstić information content (AvgIpc) is 3.02. The Morgan fingerprint density at radius 1 is 1.23 bits per heavy atom. The Morgan fingerprint density at radius 2 is 2.08 bits per heavy atom. The summed E-state index contributed by atoms with van der Waals surface area (Å²) in [6.45, 7) is 3.88. The lowest BCUT2D eigenvalue weighted by atomic mass is 9.68. The summed E-state index contributed by atoms with van der Waals surface area (Å²) in [6.07, 6.45) is 8.71. The number of aliphatic hydroxyl groups excluding tert-OH is 1. The number of carbonyl (C=O) groups excluding carboxylic acids is 1. The Morgan fingerprint density at radius 3 is 2.87 bits per heavy atom. The fourth-order valence-electron chi connectivity index (χ4n) is 6.83. The Labute approximate surface area is 236 Å². The van der Waals surface area contributed by atoms with Crippen LogP contribution in [0, 0.1) is 11.8 Å². The number of aliphatic hydroxyl groups is 1. The van der Waals surface area contributed by atoms with E-state index in [-0.39, 0.29) is 16.6 Å². The van der Waals surface area contributed by atoms with E-state index in [1.54, 1.807) is 6.07 Å². The molecule has 6 rings (SSSR count). The van der Waals surface area contributed by atoms with Crippen molar-refractivity contribution in [3.05, 3.63) is 70.3 Å². The van der Waals surface area contributed by atoms with Crippen molar-refractivity contribution in [1.82, 2.24) is 4.72 Å². The molecule has 6 nitrogen and oxygen atoms in total. The van der Waals surface area contributed by atoms with Crippen LogP contribution in [0.2, 0.25) is 5.02 Å². The van der Waals surface area contributed by atoms with Gasteiger partial charge in [-0.25, -0.2) is 4.21 Å². The fraction of sp³-hybridized carbons (Fsp3) is 0.484. The maximum Gasteiger partial charge on any atom is 0.262 e. The summed E-state index contributed by atoms with van der Waals surface area (Å²) in [7, 11) is -2.90. The van der Waals surface area contributed by atoms with E-state index < -0.39 is 21.7 Å². The van der Waals surface area contributed by atoms with Gasteiger partial charge in [0.1, 0.15) is 5.75 Å². The molecule has 2 bridgehead atoms. The Kier molecular flexibility index (Phi) is 6.97. The summed E-state index contributed by atoms with van der Waals surface area (Å²) in [4.78, 5) is 15.7. The van der Waals surface area contributed by atoms with Crippen molar-refractivity contribution in [1.29, 1.82) is 0 Å². The smallest absolute Gasteiger partial charge is 0.262 e. The van der Waals surface area contributed by atoms with Crippen molar-refractivity contribution in [2.24, 2.45) is 11.8 Å². The maximum atomic E-state index is 13.3. The minimum Gasteiger partial charge on any atom is -0.490 e. The molecule has 2 N–H and O–H groups in total. The Hall–Kier alpha value is -2.48. The number of fused-ring (bicyclic) bond motifs is 4. The van der Waals surface area contributed by atoms with Crippen molar-refractivity contribution < 1.29 is 18.8 Å². The highest BCUT2D eigenvalue weighted by Gasteiger charge is 2.44. The number of anilines is 1. The van der Waals surface area contributed by atoms with Crippen LogP contribution in [0.1, 0.15) is 60.5 Å². The molecule has 2 aromatic rings. The third-order valence-corrected chi connectivity index (χ3v) is 11.6. The lowest BCUT2D eigenvalue weighted by Crippen LogP contribution is -2.49. The molecule has 2 heterocycles. The molecule has 1 amide bonds. The van der Waals surface area contributed by atoms with Crippen LogP contribution in [0.25, 0.3) is 0 Å².